The van der Waals surface area contributed by atoms with Gasteiger partial charge in [0.2, 0.25) is 0 Å². The van der Waals surface area contributed by atoms with E-state index in [4.69, 9.17) is 4.74 Å². The normalized spacial score (nSPS) is 17.2. The highest BCUT2D eigenvalue weighted by molar-refractivity contribution is 5.98. The maximum absolute atomic E-state index is 11.8. The van der Waals surface area contributed by atoms with Crippen LogP contribution in [0.2, 0.25) is 0 Å². The zero-order valence-electron chi connectivity index (χ0n) is 13.7. The SMILES string of the molecule is C[C@H]1Oc2ccc(N[C@H](c3ccccc3)c3ncc[nH]3)cc2NC1=O. The quantitative estimate of drug-likeness (QED) is 0.684. The van der Waals surface area contributed by atoms with Crippen molar-refractivity contribution in [1.82, 2.24) is 9.97 Å². The number of aromatic nitrogens is 2. The maximum atomic E-state index is 11.8. The van der Waals surface area contributed by atoms with Crippen molar-refractivity contribution < 1.29 is 9.53 Å². The minimum absolute atomic E-state index is 0.131. The molecule has 1 amide bonds. The third kappa shape index (κ3) is 3.06. The van der Waals surface area contributed by atoms with Crippen LogP contribution in [0.4, 0.5) is 11.4 Å². The van der Waals surface area contributed by atoms with Gasteiger partial charge in [0.1, 0.15) is 17.6 Å². The van der Waals surface area contributed by atoms with E-state index in [0.717, 1.165) is 17.1 Å². The minimum Gasteiger partial charge on any atom is -0.479 e. The standard InChI is InChI=1S/C19H18N4O2/c1-12-19(24)23-15-11-14(7-8-16(15)25-12)22-17(18-20-9-10-21-18)13-5-3-2-4-6-13/h2-12,17,22H,1H3,(H,20,21)(H,23,24)/t12-,17-/m1/s1. The van der Waals surface area contributed by atoms with Crippen molar-refractivity contribution in [3.05, 3.63) is 72.3 Å². The Morgan fingerprint density at radius 3 is 2.80 bits per heavy atom. The fraction of sp³-hybridized carbons (Fsp3) is 0.158. The highest BCUT2D eigenvalue weighted by Crippen LogP contribution is 2.34. The summed E-state index contributed by atoms with van der Waals surface area (Å²) in [6.07, 6.45) is 3.05. The molecule has 0 spiro atoms. The van der Waals surface area contributed by atoms with Gasteiger partial charge in [-0.2, -0.15) is 0 Å². The molecule has 2 atom stereocenters. The molecule has 2 heterocycles. The third-order valence-electron chi connectivity index (χ3n) is 4.15. The molecule has 0 aliphatic carbocycles. The van der Waals surface area contributed by atoms with E-state index in [1.807, 2.05) is 48.5 Å². The summed E-state index contributed by atoms with van der Waals surface area (Å²) in [6, 6.07) is 15.6. The zero-order valence-corrected chi connectivity index (χ0v) is 13.7. The van der Waals surface area contributed by atoms with Gasteiger partial charge < -0.3 is 20.4 Å². The molecule has 1 aliphatic rings. The highest BCUT2D eigenvalue weighted by atomic mass is 16.5. The Bertz CT molecular complexity index is 878. The van der Waals surface area contributed by atoms with Gasteiger partial charge in [0, 0.05) is 18.1 Å². The van der Waals surface area contributed by atoms with E-state index >= 15 is 0 Å². The van der Waals surface area contributed by atoms with Gasteiger partial charge in [-0.1, -0.05) is 30.3 Å². The Balaban J connectivity index is 1.65. The average Bonchev–Trinajstić information content (AvgIpc) is 3.16. The smallest absolute Gasteiger partial charge is 0.265 e. The molecule has 6 heteroatoms. The first-order valence-electron chi connectivity index (χ1n) is 8.13. The van der Waals surface area contributed by atoms with Crippen LogP contribution in [0.15, 0.2) is 60.9 Å². The number of benzene rings is 2. The van der Waals surface area contributed by atoms with Gasteiger partial charge in [0.15, 0.2) is 6.10 Å². The molecule has 0 radical (unpaired) electrons. The number of hydrogen-bond donors (Lipinski definition) is 3. The van der Waals surface area contributed by atoms with Gasteiger partial charge >= 0.3 is 0 Å². The van der Waals surface area contributed by atoms with Crippen molar-refractivity contribution in [2.75, 3.05) is 10.6 Å². The second-order valence-electron chi connectivity index (χ2n) is 5.92. The lowest BCUT2D eigenvalue weighted by Gasteiger charge is -2.25. The number of imidazole rings is 1. The van der Waals surface area contributed by atoms with Gasteiger partial charge in [-0.15, -0.1) is 0 Å². The Labute approximate surface area is 145 Å². The highest BCUT2D eigenvalue weighted by Gasteiger charge is 2.24. The van der Waals surface area contributed by atoms with Crippen LogP contribution < -0.4 is 15.4 Å². The number of fused-ring (bicyclic) bond motifs is 1. The molecule has 3 N–H and O–H groups in total. The van der Waals surface area contributed by atoms with Gasteiger partial charge in [-0.05, 0) is 30.7 Å². The number of hydrogen-bond acceptors (Lipinski definition) is 4. The van der Waals surface area contributed by atoms with Crippen LogP contribution in [0.25, 0.3) is 0 Å². The van der Waals surface area contributed by atoms with Crippen LogP contribution in [-0.2, 0) is 4.79 Å². The molecule has 126 valence electrons. The second kappa shape index (κ2) is 6.32. The van der Waals surface area contributed by atoms with Gasteiger partial charge in [0.05, 0.1) is 5.69 Å². The average molecular weight is 334 g/mol. The first kappa shape index (κ1) is 15.3. The fourth-order valence-electron chi connectivity index (χ4n) is 2.86. The Morgan fingerprint density at radius 1 is 1.20 bits per heavy atom. The van der Waals surface area contributed by atoms with E-state index in [1.54, 1.807) is 19.3 Å². The molecule has 1 aromatic heterocycles. The third-order valence-corrected chi connectivity index (χ3v) is 4.15. The number of carbonyl (C=O) groups excluding carboxylic acids is 1. The minimum atomic E-state index is -0.480. The van der Waals surface area contributed by atoms with E-state index < -0.39 is 6.10 Å². The molecule has 6 nitrogen and oxygen atoms in total. The Hall–Kier alpha value is -3.28. The number of anilines is 2. The molecule has 0 fully saturated rings. The summed E-state index contributed by atoms with van der Waals surface area (Å²) in [7, 11) is 0. The number of amides is 1. The lowest BCUT2D eigenvalue weighted by molar-refractivity contribution is -0.122. The molecule has 3 aromatic rings. The second-order valence-corrected chi connectivity index (χ2v) is 5.92. The summed E-state index contributed by atoms with van der Waals surface area (Å²) in [6.45, 7) is 1.73. The molecule has 0 saturated carbocycles. The maximum Gasteiger partial charge on any atom is 0.265 e. The van der Waals surface area contributed by atoms with E-state index in [-0.39, 0.29) is 11.9 Å². The molecule has 0 unspecified atom stereocenters. The van der Waals surface area contributed by atoms with E-state index in [1.165, 1.54) is 0 Å². The predicted octanol–water partition coefficient (Wildman–Crippen LogP) is 3.33. The Kier molecular flexibility index (Phi) is 3.85. The van der Waals surface area contributed by atoms with E-state index in [9.17, 15) is 4.79 Å². The summed E-state index contributed by atoms with van der Waals surface area (Å²) in [5.41, 5.74) is 2.62. The fourth-order valence-corrected chi connectivity index (χ4v) is 2.86. The summed E-state index contributed by atoms with van der Waals surface area (Å²) in [4.78, 5) is 19.4. The van der Waals surface area contributed by atoms with Crippen LogP contribution in [0, 0.1) is 0 Å². The number of ether oxygens (including phenoxy) is 1. The van der Waals surface area contributed by atoms with Crippen molar-refractivity contribution >= 4 is 17.3 Å². The van der Waals surface area contributed by atoms with Crippen LogP contribution >= 0.6 is 0 Å². The molecule has 0 saturated heterocycles. The summed E-state index contributed by atoms with van der Waals surface area (Å²) in [5, 5.41) is 6.34. The molecule has 4 rings (SSSR count). The lowest BCUT2D eigenvalue weighted by Crippen LogP contribution is -2.34. The van der Waals surface area contributed by atoms with Gasteiger partial charge in [0.25, 0.3) is 5.91 Å². The number of carbonyl (C=O) groups is 1. The van der Waals surface area contributed by atoms with E-state index in [0.29, 0.717) is 11.4 Å². The summed E-state index contributed by atoms with van der Waals surface area (Å²) < 4.78 is 5.60. The van der Waals surface area contributed by atoms with Crippen molar-refractivity contribution in [1.29, 1.82) is 0 Å². The largest absolute Gasteiger partial charge is 0.479 e. The van der Waals surface area contributed by atoms with Crippen molar-refractivity contribution in [3.63, 3.8) is 0 Å². The number of H-pyrrole nitrogens is 1. The number of aromatic amines is 1. The van der Waals surface area contributed by atoms with Gasteiger partial charge in [-0.25, -0.2) is 4.98 Å². The number of nitrogens with zero attached hydrogens (tertiary/aromatic N) is 1. The number of rotatable bonds is 4. The number of nitrogens with one attached hydrogen (secondary N) is 3. The Morgan fingerprint density at radius 2 is 2.04 bits per heavy atom. The molecular formula is C19H18N4O2. The van der Waals surface area contributed by atoms with E-state index in [2.05, 4.69) is 20.6 Å². The monoisotopic (exact) mass is 334 g/mol. The summed E-state index contributed by atoms with van der Waals surface area (Å²) >= 11 is 0. The molecule has 1 aliphatic heterocycles. The molecule has 2 aromatic carbocycles. The molecular weight excluding hydrogens is 316 g/mol. The molecule has 0 bridgehead atoms. The zero-order chi connectivity index (χ0) is 17.2. The first-order chi connectivity index (χ1) is 12.2. The van der Waals surface area contributed by atoms with Crippen LogP contribution in [-0.4, -0.2) is 22.0 Å². The van der Waals surface area contributed by atoms with Crippen molar-refractivity contribution in [2.24, 2.45) is 0 Å². The van der Waals surface area contributed by atoms with Crippen LogP contribution in [0.1, 0.15) is 24.4 Å². The first-order valence-corrected chi connectivity index (χ1v) is 8.13. The summed E-state index contributed by atoms with van der Waals surface area (Å²) in [5.74, 6) is 1.35. The van der Waals surface area contributed by atoms with Crippen LogP contribution in [0.3, 0.4) is 0 Å². The van der Waals surface area contributed by atoms with Crippen molar-refractivity contribution in [2.45, 2.75) is 19.1 Å². The topological polar surface area (TPSA) is 79.0 Å². The molecule has 25 heavy (non-hydrogen) atoms. The van der Waals surface area contributed by atoms with Gasteiger partial charge in [-0.3, -0.25) is 4.79 Å². The van der Waals surface area contributed by atoms with Crippen LogP contribution in [0.5, 0.6) is 5.75 Å². The predicted molar refractivity (Wildman–Crippen MR) is 95.7 cm³/mol. The lowest BCUT2D eigenvalue weighted by atomic mass is 10.1. The van der Waals surface area contributed by atoms with Crippen molar-refractivity contribution in [3.8, 4) is 5.75 Å².